The molecule has 0 bridgehead atoms. The predicted molar refractivity (Wildman–Crippen MR) is 262 cm³/mol. The van der Waals surface area contributed by atoms with Crippen molar-refractivity contribution in [1.82, 2.24) is 9.97 Å². The number of nitrogens with zero attached hydrogens (tertiary/aromatic N) is 2. The van der Waals surface area contributed by atoms with Gasteiger partial charge in [0.1, 0.15) is 24.1 Å². The molecule has 0 aliphatic rings. The lowest BCUT2D eigenvalue weighted by Crippen LogP contribution is -2.05. The fourth-order valence-corrected chi connectivity index (χ4v) is 8.41. The lowest BCUT2D eigenvalue weighted by atomic mass is 10.0. The number of carbonyl (C=O) groups excluding carboxylic acids is 2. The van der Waals surface area contributed by atoms with Crippen molar-refractivity contribution in [3.63, 3.8) is 0 Å². The Kier molecular flexibility index (Phi) is 35.6. The molecule has 0 amide bonds. The van der Waals surface area contributed by atoms with E-state index in [0.29, 0.717) is 8.68 Å². The molecule has 0 saturated heterocycles. The highest BCUT2D eigenvalue weighted by Gasteiger charge is 2.12. The first kappa shape index (κ1) is 58.7. The Morgan fingerprint density at radius 2 is 0.906 bits per heavy atom. The van der Waals surface area contributed by atoms with Crippen LogP contribution in [-0.2, 0) is 37.0 Å². The lowest BCUT2D eigenvalue weighted by molar-refractivity contribution is -0.141. The van der Waals surface area contributed by atoms with Crippen LogP contribution in [0.4, 0.5) is 0 Å². The Morgan fingerprint density at radius 3 is 1.25 bits per heavy atom. The molecule has 0 radical (unpaired) electrons. The second-order valence-corrected chi connectivity index (χ2v) is 19.5. The maximum Gasteiger partial charge on any atom is 0.318 e. The first-order valence-corrected chi connectivity index (χ1v) is 25.4. The molecule has 2 aromatic heterocycles. The van der Waals surface area contributed by atoms with Crippen molar-refractivity contribution in [1.29, 1.82) is 0 Å². The second-order valence-electron chi connectivity index (χ2n) is 15.5. The number of para-hydroxylation sites is 2. The number of aromatic nitrogens is 2. The Labute approximate surface area is 396 Å². The number of carbonyl (C=O) groups is 4. The SMILES string of the molecule is CC(C)CCCCCCOCCCN.CC(C)CCCCCCOCCCN.O=C(O)CCC(=O)OSc1nc2ccccc2s1.O=C(O)CCC(=O)OSc1nc2ccccc2s1. The molecule has 4 rings (SSSR count). The third kappa shape index (κ3) is 33.2. The third-order valence-electron chi connectivity index (χ3n) is 8.67. The number of hydrogen-bond donors (Lipinski definition) is 4. The van der Waals surface area contributed by atoms with Gasteiger partial charge < -0.3 is 39.5 Å². The summed E-state index contributed by atoms with van der Waals surface area (Å²) < 4.78 is 23.9. The number of benzene rings is 2. The third-order valence-corrected chi connectivity index (χ3v) is 12.2. The maximum absolute atomic E-state index is 11.2. The molecule has 6 N–H and O–H groups in total. The van der Waals surface area contributed by atoms with Crippen LogP contribution in [0.5, 0.6) is 0 Å². The monoisotopic (exact) mass is 968 g/mol. The summed E-state index contributed by atoms with van der Waals surface area (Å²) in [5.74, 6) is -1.43. The van der Waals surface area contributed by atoms with Crippen LogP contribution in [0.25, 0.3) is 20.4 Å². The number of carboxylic acid groups (broad SMARTS) is 2. The summed E-state index contributed by atoms with van der Waals surface area (Å²) in [6.45, 7) is 14.1. The van der Waals surface area contributed by atoms with Crippen LogP contribution in [0.1, 0.15) is 130 Å². The molecule has 2 aromatic carbocycles. The molecular weight excluding hydrogens is 897 g/mol. The number of ether oxygens (including phenoxy) is 2. The molecular formula is C46H72N4O10S4. The smallest absolute Gasteiger partial charge is 0.318 e. The van der Waals surface area contributed by atoms with E-state index < -0.39 is 23.9 Å². The molecule has 0 aliphatic carbocycles. The standard InChI is InChI=1S/2C12H27NO.2C11H9NO4S2/c2*1-12(2)8-5-3-4-6-10-14-11-7-9-13;2*13-9(14)5-6-10(15)16-18-11-12-7-3-1-2-4-8(7)17-11/h2*12H,3-11,13H2,1-2H3;2*1-4H,5-6H2,(H,13,14). The Balaban J connectivity index is 0.000000431. The Hall–Kier alpha value is -3.36. The minimum atomic E-state index is -1.02. The van der Waals surface area contributed by atoms with Gasteiger partial charge in [0, 0.05) is 26.4 Å². The number of unbranched alkanes of at least 4 members (excludes halogenated alkanes) is 6. The summed E-state index contributed by atoms with van der Waals surface area (Å²) in [5.41, 5.74) is 12.4. The fourth-order valence-electron chi connectivity index (χ4n) is 5.23. The van der Waals surface area contributed by atoms with Crippen LogP contribution in [0.3, 0.4) is 0 Å². The van der Waals surface area contributed by atoms with Crippen molar-refractivity contribution in [3.8, 4) is 0 Å². The van der Waals surface area contributed by atoms with Crippen LogP contribution in [0.15, 0.2) is 57.2 Å². The van der Waals surface area contributed by atoms with E-state index in [9.17, 15) is 19.2 Å². The van der Waals surface area contributed by atoms with Crippen LogP contribution in [-0.4, -0.2) is 83.6 Å². The molecule has 360 valence electrons. The number of rotatable bonds is 30. The largest absolute Gasteiger partial charge is 0.481 e. The number of carboxylic acids is 2. The van der Waals surface area contributed by atoms with E-state index in [-0.39, 0.29) is 25.7 Å². The second kappa shape index (κ2) is 38.9. The first-order valence-electron chi connectivity index (χ1n) is 22.3. The molecule has 2 heterocycles. The van der Waals surface area contributed by atoms with Gasteiger partial charge in [0.05, 0.1) is 46.1 Å². The number of aliphatic carboxylic acids is 2. The van der Waals surface area contributed by atoms with Crippen molar-refractivity contribution >= 4 is 91.1 Å². The van der Waals surface area contributed by atoms with Gasteiger partial charge in [0.2, 0.25) is 0 Å². The van der Waals surface area contributed by atoms with E-state index >= 15 is 0 Å². The lowest BCUT2D eigenvalue weighted by Gasteiger charge is -2.05. The van der Waals surface area contributed by atoms with E-state index in [4.69, 9.17) is 39.5 Å². The van der Waals surface area contributed by atoms with Crippen molar-refractivity contribution in [2.75, 3.05) is 39.5 Å². The molecule has 0 fully saturated rings. The Morgan fingerprint density at radius 1 is 0.547 bits per heavy atom. The van der Waals surface area contributed by atoms with E-state index in [0.717, 1.165) is 109 Å². The predicted octanol–water partition coefficient (Wildman–Crippen LogP) is 11.3. The van der Waals surface area contributed by atoms with E-state index in [2.05, 4.69) is 37.7 Å². The van der Waals surface area contributed by atoms with E-state index in [1.165, 1.54) is 86.9 Å². The highest BCUT2D eigenvalue weighted by atomic mass is 32.2. The van der Waals surface area contributed by atoms with Crippen molar-refractivity contribution < 1.29 is 47.2 Å². The van der Waals surface area contributed by atoms with Gasteiger partial charge in [0.15, 0.2) is 8.68 Å². The molecule has 0 atom stereocenters. The van der Waals surface area contributed by atoms with Gasteiger partial charge >= 0.3 is 23.9 Å². The summed E-state index contributed by atoms with van der Waals surface area (Å²) in [5, 5.41) is 16.8. The summed E-state index contributed by atoms with van der Waals surface area (Å²) in [4.78, 5) is 51.5. The highest BCUT2D eigenvalue weighted by Crippen LogP contribution is 2.31. The van der Waals surface area contributed by atoms with Gasteiger partial charge in [-0.15, -0.1) is 22.7 Å². The normalized spacial score (nSPS) is 10.8. The van der Waals surface area contributed by atoms with Gasteiger partial charge in [-0.3, -0.25) is 19.2 Å². The molecule has 14 nitrogen and oxygen atoms in total. The number of fused-ring (bicyclic) bond motifs is 2. The molecule has 0 spiro atoms. The summed E-state index contributed by atoms with van der Waals surface area (Å²) in [7, 11) is 0. The quantitative estimate of drug-likeness (QED) is 0.0282. The van der Waals surface area contributed by atoms with Crippen molar-refractivity contribution in [2.24, 2.45) is 23.3 Å². The zero-order chi connectivity index (χ0) is 47.2. The average Bonchev–Trinajstić information content (AvgIpc) is 3.89. The minimum Gasteiger partial charge on any atom is -0.481 e. The van der Waals surface area contributed by atoms with Gasteiger partial charge in [-0.05, 0) is 74.9 Å². The minimum absolute atomic E-state index is 0.132. The zero-order valence-corrected chi connectivity index (χ0v) is 41.4. The fraction of sp³-hybridized carbons (Fsp3) is 0.609. The molecule has 64 heavy (non-hydrogen) atoms. The van der Waals surface area contributed by atoms with Crippen LogP contribution in [0, 0.1) is 11.8 Å². The van der Waals surface area contributed by atoms with E-state index in [1.807, 2.05) is 48.5 Å². The van der Waals surface area contributed by atoms with Gasteiger partial charge in [-0.1, -0.05) is 103 Å². The molecule has 0 unspecified atom stereocenters. The van der Waals surface area contributed by atoms with Gasteiger partial charge in [-0.2, -0.15) is 0 Å². The average molecular weight is 969 g/mol. The van der Waals surface area contributed by atoms with Crippen LogP contribution < -0.4 is 11.5 Å². The van der Waals surface area contributed by atoms with Crippen LogP contribution in [0.2, 0.25) is 0 Å². The first-order chi connectivity index (χ1) is 30.8. The van der Waals surface area contributed by atoms with Gasteiger partial charge in [-0.25, -0.2) is 9.97 Å². The van der Waals surface area contributed by atoms with Crippen molar-refractivity contribution in [3.05, 3.63) is 48.5 Å². The number of nitrogens with two attached hydrogens (primary N) is 2. The number of hydrogen-bond acceptors (Lipinski definition) is 16. The maximum atomic E-state index is 11.2. The highest BCUT2D eigenvalue weighted by molar-refractivity contribution is 7.97. The van der Waals surface area contributed by atoms with Crippen LogP contribution >= 0.6 is 46.8 Å². The van der Waals surface area contributed by atoms with Crippen molar-refractivity contribution in [2.45, 2.75) is 139 Å². The molecule has 4 aromatic rings. The summed E-state index contributed by atoms with van der Waals surface area (Å²) in [6.07, 6.45) is 14.5. The van der Waals surface area contributed by atoms with Gasteiger partial charge in [0.25, 0.3) is 0 Å². The topological polar surface area (TPSA) is 223 Å². The summed E-state index contributed by atoms with van der Waals surface area (Å²) in [6, 6.07) is 15.2. The Bertz CT molecular complexity index is 1630. The number of thiazole rings is 2. The molecule has 18 heteroatoms. The molecule has 0 aliphatic heterocycles. The van der Waals surface area contributed by atoms with E-state index in [1.54, 1.807) is 0 Å². The molecule has 0 saturated carbocycles. The zero-order valence-electron chi connectivity index (χ0n) is 38.2. The summed E-state index contributed by atoms with van der Waals surface area (Å²) >= 11 is 4.59.